The highest BCUT2D eigenvalue weighted by Crippen LogP contribution is 2.21. The molecule has 1 fully saturated rings. The van der Waals surface area contributed by atoms with Crippen LogP contribution in [0.15, 0.2) is 30.3 Å². The van der Waals surface area contributed by atoms with Crippen LogP contribution in [0.2, 0.25) is 0 Å². The first-order valence-electron chi connectivity index (χ1n) is 20.6. The number of ether oxygens (including phenoxy) is 2. The molecule has 0 saturated carbocycles. The van der Waals surface area contributed by atoms with Crippen LogP contribution >= 0.6 is 0 Å². The van der Waals surface area contributed by atoms with Gasteiger partial charge in [0.1, 0.15) is 29.8 Å². The number of nitrogens with zero attached hydrogens (tertiary/aromatic N) is 1. The number of aliphatic hydroxyl groups excluding tert-OH is 1. The van der Waals surface area contributed by atoms with E-state index >= 15 is 0 Å². The molecule has 1 aliphatic rings. The van der Waals surface area contributed by atoms with Crippen LogP contribution in [-0.4, -0.2) is 120 Å². The molecule has 8 N–H and O–H groups in total. The molecule has 17 heteroatoms. The normalized spacial score (nSPS) is 18.0. The number of nitrogens with one attached hydrogen (secondary N) is 5. The summed E-state index contributed by atoms with van der Waals surface area (Å²) in [6.45, 7) is 16.4. The number of methoxy groups -OCH3 is 1. The maximum absolute atomic E-state index is 13.9. The van der Waals surface area contributed by atoms with Crippen LogP contribution in [0, 0.1) is 17.8 Å². The fraction of sp³-hybridized carbons (Fsp3) is 0.690. The monoisotopic (exact) mass is 832 g/mol. The Morgan fingerprint density at radius 3 is 2.03 bits per heavy atom. The first kappa shape index (κ1) is 50.4. The quantitative estimate of drug-likeness (QED) is 0.0829. The Bertz CT molecular complexity index is 1570. The zero-order valence-electron chi connectivity index (χ0n) is 36.5. The molecular formula is C42H69N7O10. The van der Waals surface area contributed by atoms with Crippen molar-refractivity contribution >= 4 is 41.6 Å². The summed E-state index contributed by atoms with van der Waals surface area (Å²) >= 11 is 0. The van der Waals surface area contributed by atoms with Crippen molar-refractivity contribution in [3.05, 3.63) is 35.9 Å². The summed E-state index contributed by atoms with van der Waals surface area (Å²) in [5.41, 5.74) is 5.46. The largest absolute Gasteiger partial charge is 0.467 e. The molecule has 1 aliphatic heterocycles. The second-order valence-corrected chi connectivity index (χ2v) is 17.2. The van der Waals surface area contributed by atoms with Crippen molar-refractivity contribution in [2.75, 3.05) is 20.2 Å². The minimum Gasteiger partial charge on any atom is -0.467 e. The molecule has 1 heterocycles. The van der Waals surface area contributed by atoms with Gasteiger partial charge in [-0.25, -0.2) is 9.59 Å². The van der Waals surface area contributed by atoms with Crippen molar-refractivity contribution in [3.63, 3.8) is 0 Å². The van der Waals surface area contributed by atoms with E-state index in [0.717, 1.165) is 5.56 Å². The predicted octanol–water partition coefficient (Wildman–Crippen LogP) is 1.68. The summed E-state index contributed by atoms with van der Waals surface area (Å²) in [4.78, 5) is 93.9. The number of likely N-dealkylation sites (tertiary alicyclic amines) is 1. The zero-order chi connectivity index (χ0) is 44.6. The Labute approximate surface area is 349 Å². The van der Waals surface area contributed by atoms with Gasteiger partial charge in [0.25, 0.3) is 0 Å². The molecule has 332 valence electrons. The number of nitrogens with two attached hydrogens (primary N) is 1. The highest BCUT2D eigenvalue weighted by atomic mass is 16.6. The zero-order valence-corrected chi connectivity index (χ0v) is 36.5. The highest BCUT2D eigenvalue weighted by Gasteiger charge is 2.39. The molecule has 2 unspecified atom stereocenters. The third kappa shape index (κ3) is 17.2. The van der Waals surface area contributed by atoms with Crippen molar-refractivity contribution in [2.24, 2.45) is 23.5 Å². The van der Waals surface area contributed by atoms with Gasteiger partial charge in [-0.2, -0.15) is 0 Å². The van der Waals surface area contributed by atoms with E-state index in [1.165, 1.54) is 7.11 Å². The highest BCUT2D eigenvalue weighted by molar-refractivity contribution is 5.94. The number of rotatable bonds is 22. The van der Waals surface area contributed by atoms with Crippen molar-refractivity contribution in [2.45, 2.75) is 149 Å². The molecule has 0 aliphatic carbocycles. The van der Waals surface area contributed by atoms with Crippen LogP contribution in [0.3, 0.4) is 0 Å². The van der Waals surface area contributed by atoms with Crippen LogP contribution in [0.1, 0.15) is 100.0 Å². The van der Waals surface area contributed by atoms with Gasteiger partial charge in [0.05, 0.1) is 31.7 Å². The average Bonchev–Trinajstić information content (AvgIpc) is 3.61. The van der Waals surface area contributed by atoms with E-state index in [2.05, 4.69) is 26.6 Å². The Morgan fingerprint density at radius 2 is 1.49 bits per heavy atom. The topological polar surface area (TPSA) is 248 Å². The number of esters is 1. The van der Waals surface area contributed by atoms with Gasteiger partial charge in [-0.15, -0.1) is 0 Å². The Kier molecular flexibility index (Phi) is 20.3. The smallest absolute Gasteiger partial charge is 0.408 e. The number of primary amides is 1. The molecule has 0 spiro atoms. The molecule has 0 bridgehead atoms. The Balaban J connectivity index is 2.32. The molecule has 1 aromatic carbocycles. The lowest BCUT2D eigenvalue weighted by molar-refractivity contribution is -0.147. The molecule has 6 amide bonds. The summed E-state index contributed by atoms with van der Waals surface area (Å²) < 4.78 is 10.2. The lowest BCUT2D eigenvalue weighted by Crippen LogP contribution is -2.59. The third-order valence-corrected chi connectivity index (χ3v) is 10.1. The fourth-order valence-electron chi connectivity index (χ4n) is 6.80. The first-order valence-corrected chi connectivity index (χ1v) is 20.6. The minimum atomic E-state index is -1.45. The SMILES string of the molecule is CCC(C)[C@H](NC(=O)[C@@H]1CCCN1CC(O)[C@H](Cc1ccccc1)NC(=O)[C@H](CC(N)=O)NC(=O)[C@H](CC(C)C)NC(=O)OC(C)(C)C)C(=O)N[C@H](C(=O)OC)C(C)C. The molecule has 1 saturated heterocycles. The second-order valence-electron chi connectivity index (χ2n) is 17.2. The minimum absolute atomic E-state index is 0.0447. The fourth-order valence-corrected chi connectivity index (χ4v) is 6.80. The maximum Gasteiger partial charge on any atom is 0.408 e. The molecule has 17 nitrogen and oxygen atoms in total. The molecule has 59 heavy (non-hydrogen) atoms. The number of alkyl carbamates (subject to hydrolysis) is 1. The van der Waals surface area contributed by atoms with E-state index in [9.17, 15) is 38.7 Å². The summed E-state index contributed by atoms with van der Waals surface area (Å²) in [6.07, 6.45) is -0.659. The number of hydrogen-bond acceptors (Lipinski definition) is 11. The van der Waals surface area contributed by atoms with Crippen molar-refractivity contribution < 1.29 is 48.1 Å². The number of aliphatic hydroxyl groups is 1. The number of hydrogen-bond donors (Lipinski definition) is 7. The Hall–Kier alpha value is -4.77. The second kappa shape index (κ2) is 23.7. The summed E-state index contributed by atoms with van der Waals surface area (Å²) in [7, 11) is 1.24. The van der Waals surface area contributed by atoms with Gasteiger partial charge < -0.3 is 46.9 Å². The van der Waals surface area contributed by atoms with E-state index < -0.39 is 96.0 Å². The van der Waals surface area contributed by atoms with Gasteiger partial charge in [-0.1, -0.05) is 78.3 Å². The van der Waals surface area contributed by atoms with E-state index in [1.54, 1.807) is 39.5 Å². The molecule has 0 radical (unpaired) electrons. The summed E-state index contributed by atoms with van der Waals surface area (Å²) in [5, 5.41) is 25.4. The summed E-state index contributed by atoms with van der Waals surface area (Å²) in [6, 6.07) is 3.00. The lowest BCUT2D eigenvalue weighted by Gasteiger charge is -2.33. The maximum atomic E-state index is 13.9. The van der Waals surface area contributed by atoms with E-state index in [1.807, 2.05) is 58.0 Å². The number of carbonyl (C=O) groups is 7. The van der Waals surface area contributed by atoms with Crippen molar-refractivity contribution in [1.82, 2.24) is 31.5 Å². The third-order valence-electron chi connectivity index (χ3n) is 10.1. The van der Waals surface area contributed by atoms with Gasteiger partial charge in [0, 0.05) is 6.54 Å². The van der Waals surface area contributed by atoms with Crippen LogP contribution in [-0.2, 0) is 44.7 Å². The first-order chi connectivity index (χ1) is 27.6. The van der Waals surface area contributed by atoms with Gasteiger partial charge in [-0.05, 0) is 76.3 Å². The van der Waals surface area contributed by atoms with Crippen molar-refractivity contribution in [3.8, 4) is 0 Å². The molecule has 1 aromatic rings. The predicted molar refractivity (Wildman–Crippen MR) is 221 cm³/mol. The van der Waals surface area contributed by atoms with Crippen molar-refractivity contribution in [1.29, 1.82) is 0 Å². The Morgan fingerprint density at radius 1 is 0.864 bits per heavy atom. The van der Waals surface area contributed by atoms with Crippen LogP contribution in [0.5, 0.6) is 0 Å². The number of benzene rings is 1. The van der Waals surface area contributed by atoms with E-state index in [4.69, 9.17) is 15.2 Å². The summed E-state index contributed by atoms with van der Waals surface area (Å²) in [5.74, 6) is -4.50. The van der Waals surface area contributed by atoms with Crippen LogP contribution in [0.4, 0.5) is 4.79 Å². The number of amides is 6. The number of β-amino-alcohol motifs (C(OH)–C–C–N with tert-alkyl or cyclic N) is 1. The molecule has 0 aromatic heterocycles. The van der Waals surface area contributed by atoms with Crippen LogP contribution < -0.4 is 32.3 Å². The lowest BCUT2D eigenvalue weighted by atomic mass is 9.96. The van der Waals surface area contributed by atoms with Crippen LogP contribution in [0.25, 0.3) is 0 Å². The standard InChI is InChI=1S/C42H69N7O10/c1-11-26(6)35(39(55)47-34(25(4)5)40(56)58-10)48-38(54)31-18-15-19-49(31)23-32(50)28(21-27-16-13-12-14-17-27)44-37(53)30(22-33(43)51)45-36(52)29(20-24(2)3)46-41(57)59-42(7,8)9/h12-14,16-17,24-26,28-32,34-35,50H,11,15,18-23H2,1-10H3,(H2,43,51)(H,44,53)(H,45,52)(H,46,57)(H,47,55)(H,48,54)/t26?,28-,29-,30-,31-,32?,34-,35-/m0/s1. The molecule has 8 atom stereocenters. The average molecular weight is 832 g/mol. The molecular weight excluding hydrogens is 763 g/mol. The molecule has 2 rings (SSSR count). The van der Waals surface area contributed by atoms with E-state index in [-0.39, 0.29) is 37.1 Å². The van der Waals surface area contributed by atoms with Gasteiger partial charge >= 0.3 is 12.1 Å². The van der Waals surface area contributed by atoms with Gasteiger partial charge in [-0.3, -0.25) is 28.9 Å². The number of carbonyl (C=O) groups excluding carboxylic acids is 7. The van der Waals surface area contributed by atoms with E-state index in [0.29, 0.717) is 25.8 Å². The van der Waals surface area contributed by atoms with Gasteiger partial charge in [0.15, 0.2) is 0 Å². The van der Waals surface area contributed by atoms with Gasteiger partial charge in [0.2, 0.25) is 29.5 Å².